The van der Waals surface area contributed by atoms with Crippen LogP contribution in [0, 0.1) is 17.0 Å². The molecule has 0 bridgehead atoms. The number of benzene rings is 1. The molecule has 1 aliphatic rings. The second kappa shape index (κ2) is 3.92. The number of aryl methyl sites for hydroxylation is 1. The number of carbonyl (C=O) groups excluding carboxylic acids is 1. The Balaban J connectivity index is 2.26. The third-order valence-electron chi connectivity index (χ3n) is 2.78. The quantitative estimate of drug-likeness (QED) is 0.563. The molecule has 2 rings (SSSR count). The highest BCUT2D eigenvalue weighted by Gasteiger charge is 2.22. The molecule has 84 valence electrons. The molecule has 0 N–H and O–H groups in total. The lowest BCUT2D eigenvalue weighted by molar-refractivity contribution is -0.385. The van der Waals surface area contributed by atoms with E-state index in [4.69, 9.17) is 0 Å². The molecule has 0 spiro atoms. The molecule has 1 fully saturated rings. The molecule has 0 radical (unpaired) electrons. The first-order valence-corrected chi connectivity index (χ1v) is 5.14. The molecule has 0 aromatic heterocycles. The molecule has 0 saturated carbocycles. The number of hydrogen-bond donors (Lipinski definition) is 0. The molecule has 1 aromatic rings. The highest BCUT2D eigenvalue weighted by Crippen LogP contribution is 2.20. The number of nitrogens with zero attached hydrogens (tertiary/aromatic N) is 2. The van der Waals surface area contributed by atoms with Crippen LogP contribution in [0.15, 0.2) is 18.2 Å². The highest BCUT2D eigenvalue weighted by atomic mass is 16.6. The smallest absolute Gasteiger partial charge is 0.272 e. The van der Waals surface area contributed by atoms with Crippen LogP contribution in [0.1, 0.15) is 22.3 Å². The zero-order valence-electron chi connectivity index (χ0n) is 8.97. The molecule has 0 aliphatic carbocycles. The van der Waals surface area contributed by atoms with Gasteiger partial charge in [-0.2, -0.15) is 0 Å². The number of nitro benzene ring substituents is 1. The van der Waals surface area contributed by atoms with E-state index >= 15 is 0 Å². The molecule has 1 heterocycles. The maximum absolute atomic E-state index is 11.8. The minimum Gasteiger partial charge on any atom is -0.339 e. The van der Waals surface area contributed by atoms with Crippen LogP contribution in [0.4, 0.5) is 5.69 Å². The Labute approximate surface area is 92.8 Å². The first kappa shape index (κ1) is 10.6. The molecular formula is C11H12N2O3. The molecular weight excluding hydrogens is 208 g/mol. The van der Waals surface area contributed by atoms with Crippen molar-refractivity contribution in [2.45, 2.75) is 13.3 Å². The van der Waals surface area contributed by atoms with Crippen molar-refractivity contribution in [2.24, 2.45) is 0 Å². The molecule has 0 atom stereocenters. The van der Waals surface area contributed by atoms with Gasteiger partial charge in [0.25, 0.3) is 11.6 Å². The van der Waals surface area contributed by atoms with E-state index in [2.05, 4.69) is 0 Å². The van der Waals surface area contributed by atoms with Crippen molar-refractivity contribution < 1.29 is 9.72 Å². The first-order chi connectivity index (χ1) is 7.59. The van der Waals surface area contributed by atoms with Crippen LogP contribution in [-0.2, 0) is 0 Å². The van der Waals surface area contributed by atoms with Gasteiger partial charge in [-0.1, -0.05) is 0 Å². The first-order valence-electron chi connectivity index (χ1n) is 5.14. The van der Waals surface area contributed by atoms with Crippen LogP contribution in [0.2, 0.25) is 0 Å². The number of carbonyl (C=O) groups is 1. The zero-order valence-corrected chi connectivity index (χ0v) is 8.97. The topological polar surface area (TPSA) is 63.5 Å². The molecule has 1 amide bonds. The van der Waals surface area contributed by atoms with Crippen LogP contribution in [-0.4, -0.2) is 28.8 Å². The number of amides is 1. The Bertz CT molecular complexity index is 453. The van der Waals surface area contributed by atoms with Crippen molar-refractivity contribution in [1.82, 2.24) is 4.90 Å². The fourth-order valence-electron chi connectivity index (χ4n) is 1.70. The maximum Gasteiger partial charge on any atom is 0.272 e. The van der Waals surface area contributed by atoms with Gasteiger partial charge in [-0.15, -0.1) is 0 Å². The van der Waals surface area contributed by atoms with Crippen molar-refractivity contribution in [2.75, 3.05) is 13.1 Å². The van der Waals surface area contributed by atoms with Gasteiger partial charge in [0.05, 0.1) is 4.92 Å². The molecule has 1 aliphatic heterocycles. The summed E-state index contributed by atoms with van der Waals surface area (Å²) in [5.74, 6) is -0.0377. The van der Waals surface area contributed by atoms with Gasteiger partial charge < -0.3 is 4.90 Å². The summed E-state index contributed by atoms with van der Waals surface area (Å²) in [4.78, 5) is 23.7. The second-order valence-electron chi connectivity index (χ2n) is 3.90. The van der Waals surface area contributed by atoms with E-state index in [1.165, 1.54) is 12.1 Å². The summed E-state index contributed by atoms with van der Waals surface area (Å²) < 4.78 is 0. The van der Waals surface area contributed by atoms with Gasteiger partial charge in [0.2, 0.25) is 0 Å². The SMILES string of the molecule is Cc1cc(C(=O)N2CCC2)ccc1[N+](=O)[O-]. The van der Waals surface area contributed by atoms with Gasteiger partial charge >= 0.3 is 0 Å². The largest absolute Gasteiger partial charge is 0.339 e. The zero-order chi connectivity index (χ0) is 11.7. The lowest BCUT2D eigenvalue weighted by Gasteiger charge is -2.30. The Morgan fingerprint density at radius 3 is 2.56 bits per heavy atom. The fraction of sp³-hybridized carbons (Fsp3) is 0.364. The van der Waals surface area contributed by atoms with E-state index in [0.717, 1.165) is 19.5 Å². The van der Waals surface area contributed by atoms with Crippen molar-refractivity contribution >= 4 is 11.6 Å². The lowest BCUT2D eigenvalue weighted by atomic mass is 10.1. The Morgan fingerprint density at radius 1 is 1.44 bits per heavy atom. The molecule has 1 saturated heterocycles. The summed E-state index contributed by atoms with van der Waals surface area (Å²) >= 11 is 0. The van der Waals surface area contributed by atoms with Gasteiger partial charge in [-0.25, -0.2) is 0 Å². The van der Waals surface area contributed by atoms with Gasteiger partial charge in [0.1, 0.15) is 0 Å². The Morgan fingerprint density at radius 2 is 2.12 bits per heavy atom. The Hall–Kier alpha value is -1.91. The van der Waals surface area contributed by atoms with Crippen molar-refractivity contribution in [3.8, 4) is 0 Å². The summed E-state index contributed by atoms with van der Waals surface area (Å²) in [7, 11) is 0. The van der Waals surface area contributed by atoms with Gasteiger partial charge in [-0.05, 0) is 25.5 Å². The van der Waals surface area contributed by atoms with Crippen LogP contribution in [0.5, 0.6) is 0 Å². The van der Waals surface area contributed by atoms with Crippen molar-refractivity contribution in [1.29, 1.82) is 0 Å². The fourth-order valence-corrected chi connectivity index (χ4v) is 1.70. The molecule has 1 aromatic carbocycles. The molecule has 0 unspecified atom stereocenters. The minimum atomic E-state index is -0.437. The normalized spacial score (nSPS) is 14.4. The van der Waals surface area contributed by atoms with Crippen molar-refractivity contribution in [3.63, 3.8) is 0 Å². The van der Waals surface area contributed by atoms with Gasteiger partial charge in [0, 0.05) is 30.3 Å². The number of hydrogen-bond acceptors (Lipinski definition) is 3. The molecule has 16 heavy (non-hydrogen) atoms. The highest BCUT2D eigenvalue weighted by molar-refractivity contribution is 5.95. The summed E-state index contributed by atoms with van der Waals surface area (Å²) in [6.45, 7) is 3.22. The van der Waals surface area contributed by atoms with Crippen molar-refractivity contribution in [3.05, 3.63) is 39.4 Å². The monoisotopic (exact) mass is 220 g/mol. The predicted molar refractivity (Wildman–Crippen MR) is 58.4 cm³/mol. The van der Waals surface area contributed by atoms with E-state index in [1.807, 2.05) is 0 Å². The molecule has 5 heteroatoms. The third-order valence-corrected chi connectivity index (χ3v) is 2.78. The summed E-state index contributed by atoms with van der Waals surface area (Å²) in [5.41, 5.74) is 1.11. The standard InChI is InChI=1S/C11H12N2O3/c1-8-7-9(3-4-10(8)13(15)16)11(14)12-5-2-6-12/h3-4,7H,2,5-6H2,1H3. The van der Waals surface area contributed by atoms with E-state index in [-0.39, 0.29) is 11.6 Å². The van der Waals surface area contributed by atoms with E-state index in [0.29, 0.717) is 11.1 Å². The number of rotatable bonds is 2. The van der Waals surface area contributed by atoms with Crippen LogP contribution >= 0.6 is 0 Å². The van der Waals surface area contributed by atoms with Gasteiger partial charge in [0.15, 0.2) is 0 Å². The predicted octanol–water partition coefficient (Wildman–Crippen LogP) is 1.75. The average Bonchev–Trinajstić information content (AvgIpc) is 2.14. The lowest BCUT2D eigenvalue weighted by Crippen LogP contribution is -2.42. The number of nitro groups is 1. The van der Waals surface area contributed by atoms with Crippen LogP contribution in [0.3, 0.4) is 0 Å². The van der Waals surface area contributed by atoms with E-state index in [1.54, 1.807) is 17.9 Å². The van der Waals surface area contributed by atoms with E-state index < -0.39 is 4.92 Å². The Kier molecular flexibility index (Phi) is 2.60. The summed E-state index contributed by atoms with van der Waals surface area (Å²) in [6, 6.07) is 4.49. The van der Waals surface area contributed by atoms with Gasteiger partial charge in [-0.3, -0.25) is 14.9 Å². The summed E-state index contributed by atoms with van der Waals surface area (Å²) in [6.07, 6.45) is 1.04. The summed E-state index contributed by atoms with van der Waals surface area (Å²) in [5, 5.41) is 10.6. The second-order valence-corrected chi connectivity index (χ2v) is 3.90. The van der Waals surface area contributed by atoms with Crippen LogP contribution in [0.25, 0.3) is 0 Å². The molecule has 5 nitrogen and oxygen atoms in total. The average molecular weight is 220 g/mol. The number of likely N-dealkylation sites (tertiary alicyclic amines) is 1. The maximum atomic E-state index is 11.8. The third kappa shape index (κ3) is 1.76. The van der Waals surface area contributed by atoms with Crippen LogP contribution < -0.4 is 0 Å². The minimum absolute atomic E-state index is 0.0377. The van der Waals surface area contributed by atoms with E-state index in [9.17, 15) is 14.9 Å².